The predicted molar refractivity (Wildman–Crippen MR) is 99.3 cm³/mol. The second kappa shape index (κ2) is 7.43. The number of methoxy groups -OCH3 is 1. The Morgan fingerprint density at radius 1 is 1.23 bits per heavy atom. The molecule has 2 atom stereocenters. The average Bonchev–Trinajstić information content (AvgIpc) is 3.25. The van der Waals surface area contributed by atoms with Crippen LogP contribution in [0, 0.1) is 6.92 Å². The number of hydrogen-bond acceptors (Lipinski definition) is 5. The van der Waals surface area contributed by atoms with Gasteiger partial charge in [0.1, 0.15) is 18.0 Å². The van der Waals surface area contributed by atoms with Gasteiger partial charge in [-0.1, -0.05) is 6.07 Å². The summed E-state index contributed by atoms with van der Waals surface area (Å²) >= 11 is 0. The lowest BCUT2D eigenvalue weighted by atomic mass is 10.2. The topological polar surface area (TPSA) is 51.9 Å². The van der Waals surface area contributed by atoms with Crippen LogP contribution in [-0.2, 0) is 11.3 Å². The summed E-state index contributed by atoms with van der Waals surface area (Å²) in [5, 5.41) is 0. The Labute approximate surface area is 153 Å². The van der Waals surface area contributed by atoms with Crippen molar-refractivity contribution in [2.24, 2.45) is 0 Å². The fraction of sp³-hybridized carbons (Fsp3) is 0.400. The molecule has 0 unspecified atom stereocenters. The van der Waals surface area contributed by atoms with Crippen molar-refractivity contribution in [3.8, 4) is 5.75 Å². The molecule has 0 aliphatic carbocycles. The summed E-state index contributed by atoms with van der Waals surface area (Å²) in [4.78, 5) is 11.1. The van der Waals surface area contributed by atoms with Crippen LogP contribution in [0.1, 0.15) is 17.7 Å². The molecule has 1 aliphatic heterocycles. The number of aryl methyl sites for hydroxylation is 1. The van der Waals surface area contributed by atoms with Crippen LogP contribution in [-0.4, -0.2) is 51.7 Å². The quantitative estimate of drug-likeness (QED) is 0.683. The predicted octanol–water partition coefficient (Wildman–Crippen LogP) is 2.71. The molecule has 3 aromatic heterocycles. The molecular formula is C20H24N4O2. The molecule has 26 heavy (non-hydrogen) atoms. The van der Waals surface area contributed by atoms with Crippen molar-refractivity contribution in [2.75, 3.05) is 20.3 Å². The summed E-state index contributed by atoms with van der Waals surface area (Å²) in [6, 6.07) is 8.28. The van der Waals surface area contributed by atoms with Crippen molar-refractivity contribution in [1.82, 2.24) is 19.3 Å². The van der Waals surface area contributed by atoms with Crippen LogP contribution in [0.15, 0.2) is 49.1 Å². The van der Waals surface area contributed by atoms with E-state index in [1.807, 2.05) is 18.3 Å². The van der Waals surface area contributed by atoms with Gasteiger partial charge in [-0.15, -0.1) is 0 Å². The molecule has 136 valence electrons. The van der Waals surface area contributed by atoms with Crippen LogP contribution in [0.4, 0.5) is 0 Å². The molecule has 3 aromatic rings. The van der Waals surface area contributed by atoms with Gasteiger partial charge < -0.3 is 13.9 Å². The lowest BCUT2D eigenvalue weighted by molar-refractivity contribution is 0.107. The number of nitrogens with zero attached hydrogens (tertiary/aromatic N) is 4. The molecule has 0 aromatic carbocycles. The number of aromatic nitrogens is 3. The summed E-state index contributed by atoms with van der Waals surface area (Å²) in [5.74, 6) is 0.804. The fourth-order valence-corrected chi connectivity index (χ4v) is 3.56. The first-order valence-corrected chi connectivity index (χ1v) is 8.95. The number of ether oxygens (including phenoxy) is 2. The Balaban J connectivity index is 1.49. The van der Waals surface area contributed by atoms with E-state index in [1.54, 1.807) is 19.5 Å². The molecule has 0 amide bonds. The van der Waals surface area contributed by atoms with Crippen molar-refractivity contribution in [1.29, 1.82) is 0 Å². The van der Waals surface area contributed by atoms with Gasteiger partial charge in [0.2, 0.25) is 0 Å². The molecule has 1 fully saturated rings. The maximum atomic E-state index is 5.96. The van der Waals surface area contributed by atoms with Crippen LogP contribution >= 0.6 is 0 Å². The first-order chi connectivity index (χ1) is 12.7. The van der Waals surface area contributed by atoms with E-state index in [1.165, 1.54) is 11.3 Å². The zero-order valence-corrected chi connectivity index (χ0v) is 15.2. The lowest BCUT2D eigenvalue weighted by Gasteiger charge is -2.24. The number of pyridine rings is 2. The average molecular weight is 352 g/mol. The molecule has 1 saturated heterocycles. The van der Waals surface area contributed by atoms with Gasteiger partial charge >= 0.3 is 0 Å². The maximum Gasteiger partial charge on any atom is 0.137 e. The maximum absolute atomic E-state index is 5.96. The standard InChI is InChI=1S/C20H24N4O2/c1-15-5-6-20-22-9-17(24(20)11-15)12-23-13-19(25-2)8-16(23)14-26-18-4-3-7-21-10-18/h3-7,9-11,16,19H,8,12-14H2,1-2H3/t16-,19+/m0/s1. The van der Waals surface area contributed by atoms with E-state index in [0.717, 1.165) is 30.9 Å². The first kappa shape index (κ1) is 17.0. The summed E-state index contributed by atoms with van der Waals surface area (Å²) < 4.78 is 13.7. The molecule has 0 bridgehead atoms. The number of likely N-dealkylation sites (tertiary alicyclic amines) is 1. The van der Waals surface area contributed by atoms with Crippen LogP contribution < -0.4 is 4.74 Å². The molecule has 0 spiro atoms. The Morgan fingerprint density at radius 3 is 2.96 bits per heavy atom. The third-order valence-corrected chi connectivity index (χ3v) is 4.99. The van der Waals surface area contributed by atoms with E-state index < -0.39 is 0 Å². The molecule has 6 nitrogen and oxygen atoms in total. The number of hydrogen-bond donors (Lipinski definition) is 0. The molecule has 0 N–H and O–H groups in total. The highest BCUT2D eigenvalue weighted by molar-refractivity contribution is 5.41. The van der Waals surface area contributed by atoms with Crippen molar-refractivity contribution in [2.45, 2.75) is 32.0 Å². The van der Waals surface area contributed by atoms with Gasteiger partial charge in [-0.2, -0.15) is 0 Å². The van der Waals surface area contributed by atoms with E-state index in [4.69, 9.17) is 9.47 Å². The SMILES string of the molecule is CO[C@@H]1C[C@@H](COc2cccnc2)N(Cc2cnc3ccc(C)cn23)C1. The number of rotatable bonds is 6. The second-order valence-corrected chi connectivity index (χ2v) is 6.86. The van der Waals surface area contributed by atoms with E-state index in [-0.39, 0.29) is 6.10 Å². The molecule has 4 heterocycles. The van der Waals surface area contributed by atoms with E-state index in [2.05, 4.69) is 44.5 Å². The third kappa shape index (κ3) is 3.57. The van der Waals surface area contributed by atoms with Gasteiger partial charge in [-0.25, -0.2) is 4.98 Å². The van der Waals surface area contributed by atoms with Crippen molar-refractivity contribution >= 4 is 5.65 Å². The minimum absolute atomic E-state index is 0.235. The minimum atomic E-state index is 0.235. The summed E-state index contributed by atoms with van der Waals surface area (Å²) in [7, 11) is 1.78. The van der Waals surface area contributed by atoms with E-state index >= 15 is 0 Å². The molecule has 0 saturated carbocycles. The monoisotopic (exact) mass is 352 g/mol. The Morgan fingerprint density at radius 2 is 2.15 bits per heavy atom. The second-order valence-electron chi connectivity index (χ2n) is 6.86. The van der Waals surface area contributed by atoms with Gasteiger partial charge in [0.25, 0.3) is 0 Å². The number of fused-ring (bicyclic) bond motifs is 1. The smallest absolute Gasteiger partial charge is 0.137 e. The fourth-order valence-electron chi connectivity index (χ4n) is 3.56. The van der Waals surface area contributed by atoms with Gasteiger partial charge in [0.15, 0.2) is 0 Å². The van der Waals surface area contributed by atoms with Crippen LogP contribution in [0.2, 0.25) is 0 Å². The Bertz CT molecular complexity index is 865. The molecule has 6 heteroatoms. The third-order valence-electron chi connectivity index (χ3n) is 4.99. The van der Waals surface area contributed by atoms with Gasteiger partial charge in [-0.3, -0.25) is 9.88 Å². The van der Waals surface area contributed by atoms with Crippen LogP contribution in [0.25, 0.3) is 5.65 Å². The molecular weight excluding hydrogens is 328 g/mol. The van der Waals surface area contributed by atoms with Crippen LogP contribution in [0.5, 0.6) is 5.75 Å². The summed E-state index contributed by atoms with van der Waals surface area (Å²) in [5.41, 5.74) is 3.40. The van der Waals surface area contributed by atoms with E-state index in [9.17, 15) is 0 Å². The molecule has 4 rings (SSSR count). The highest BCUT2D eigenvalue weighted by Crippen LogP contribution is 2.24. The number of imidazole rings is 1. The Hall–Kier alpha value is -2.44. The van der Waals surface area contributed by atoms with Crippen molar-refractivity contribution in [3.63, 3.8) is 0 Å². The molecule has 1 aliphatic rings. The molecule has 0 radical (unpaired) electrons. The first-order valence-electron chi connectivity index (χ1n) is 8.95. The van der Waals surface area contributed by atoms with Gasteiger partial charge in [0.05, 0.1) is 24.2 Å². The normalized spacial score (nSPS) is 20.7. The highest BCUT2D eigenvalue weighted by Gasteiger charge is 2.33. The van der Waals surface area contributed by atoms with Crippen molar-refractivity contribution < 1.29 is 9.47 Å². The van der Waals surface area contributed by atoms with Gasteiger partial charge in [0, 0.05) is 38.6 Å². The lowest BCUT2D eigenvalue weighted by Crippen LogP contribution is -2.34. The minimum Gasteiger partial charge on any atom is -0.490 e. The van der Waals surface area contributed by atoms with Gasteiger partial charge in [-0.05, 0) is 37.1 Å². The zero-order chi connectivity index (χ0) is 17.9. The highest BCUT2D eigenvalue weighted by atomic mass is 16.5. The summed E-state index contributed by atoms with van der Waals surface area (Å²) in [6.45, 7) is 4.45. The van der Waals surface area contributed by atoms with Crippen LogP contribution in [0.3, 0.4) is 0 Å². The zero-order valence-electron chi connectivity index (χ0n) is 15.2. The largest absolute Gasteiger partial charge is 0.490 e. The van der Waals surface area contributed by atoms with Crippen molar-refractivity contribution in [3.05, 3.63) is 60.3 Å². The van der Waals surface area contributed by atoms with E-state index in [0.29, 0.717) is 12.6 Å². The Kier molecular flexibility index (Phi) is 4.86. The summed E-state index contributed by atoms with van der Waals surface area (Å²) in [6.07, 6.45) is 8.81.